The molecule has 1 aromatic carbocycles. The Labute approximate surface area is 149 Å². The number of hydrogen-bond acceptors (Lipinski definition) is 6. The van der Waals surface area contributed by atoms with E-state index < -0.39 is 0 Å². The van der Waals surface area contributed by atoms with Crippen molar-refractivity contribution in [3.8, 4) is 0 Å². The third-order valence-corrected chi connectivity index (χ3v) is 4.94. The lowest BCUT2D eigenvalue weighted by Gasteiger charge is -2.24. The second-order valence-corrected chi connectivity index (χ2v) is 6.64. The standard InChI is InChI=1S/C17H20N4O3S/c1-2-14(25-17-20-12-5-3-4-6-13(12)24-17)16(23)21(9-10-22)11-15-18-7-8-19-15/h3-8,14,22H,2,9-11H2,1H3,(H,18,19). The molecular weight excluding hydrogens is 340 g/mol. The molecule has 8 heteroatoms. The summed E-state index contributed by atoms with van der Waals surface area (Å²) in [5.41, 5.74) is 1.48. The van der Waals surface area contributed by atoms with Gasteiger partial charge in [0.2, 0.25) is 5.91 Å². The first kappa shape index (κ1) is 17.5. The molecule has 3 rings (SSSR count). The van der Waals surface area contributed by atoms with E-state index in [2.05, 4.69) is 15.0 Å². The van der Waals surface area contributed by atoms with Gasteiger partial charge >= 0.3 is 0 Å². The highest BCUT2D eigenvalue weighted by Gasteiger charge is 2.26. The number of aliphatic hydroxyl groups excluding tert-OH is 1. The van der Waals surface area contributed by atoms with E-state index in [1.807, 2.05) is 31.2 Å². The molecule has 0 aliphatic heterocycles. The van der Waals surface area contributed by atoms with E-state index in [0.717, 1.165) is 5.52 Å². The summed E-state index contributed by atoms with van der Waals surface area (Å²) < 4.78 is 5.71. The Morgan fingerprint density at radius 1 is 1.44 bits per heavy atom. The summed E-state index contributed by atoms with van der Waals surface area (Å²) in [6.45, 7) is 2.43. The van der Waals surface area contributed by atoms with Gasteiger partial charge in [0.15, 0.2) is 5.58 Å². The minimum absolute atomic E-state index is 0.0693. The zero-order valence-electron chi connectivity index (χ0n) is 13.9. The molecule has 132 valence electrons. The molecule has 7 nitrogen and oxygen atoms in total. The highest BCUT2D eigenvalue weighted by molar-refractivity contribution is 8.00. The van der Waals surface area contributed by atoms with Crippen LogP contribution >= 0.6 is 11.8 Å². The minimum atomic E-state index is -0.338. The van der Waals surface area contributed by atoms with E-state index in [4.69, 9.17) is 4.42 Å². The largest absolute Gasteiger partial charge is 0.431 e. The average molecular weight is 360 g/mol. The highest BCUT2D eigenvalue weighted by atomic mass is 32.2. The van der Waals surface area contributed by atoms with Crippen molar-refractivity contribution in [2.24, 2.45) is 0 Å². The van der Waals surface area contributed by atoms with Crippen molar-refractivity contribution in [3.05, 3.63) is 42.5 Å². The fourth-order valence-electron chi connectivity index (χ4n) is 2.49. The summed E-state index contributed by atoms with van der Waals surface area (Å²) in [5.74, 6) is 0.615. The van der Waals surface area contributed by atoms with Crippen molar-refractivity contribution < 1.29 is 14.3 Å². The first-order valence-corrected chi connectivity index (χ1v) is 8.99. The average Bonchev–Trinajstić information content (AvgIpc) is 3.27. The summed E-state index contributed by atoms with van der Waals surface area (Å²) in [5, 5.41) is 9.43. The van der Waals surface area contributed by atoms with Gasteiger partial charge in [0.05, 0.1) is 18.4 Å². The van der Waals surface area contributed by atoms with Crippen LogP contribution in [0.5, 0.6) is 0 Å². The van der Waals surface area contributed by atoms with Gasteiger partial charge in [0, 0.05) is 18.9 Å². The van der Waals surface area contributed by atoms with E-state index in [9.17, 15) is 9.90 Å². The number of rotatable bonds is 8. The first-order valence-electron chi connectivity index (χ1n) is 8.11. The fraction of sp³-hybridized carbons (Fsp3) is 0.353. The van der Waals surface area contributed by atoms with Gasteiger partial charge in [-0.2, -0.15) is 0 Å². The molecular formula is C17H20N4O3S. The van der Waals surface area contributed by atoms with Gasteiger partial charge in [0.1, 0.15) is 11.3 Å². The quantitative estimate of drug-likeness (QED) is 0.599. The predicted octanol–water partition coefficient (Wildman–Crippen LogP) is 2.44. The second-order valence-electron chi connectivity index (χ2n) is 5.48. The van der Waals surface area contributed by atoms with Gasteiger partial charge in [0.25, 0.3) is 5.22 Å². The maximum absolute atomic E-state index is 12.9. The normalized spacial score (nSPS) is 12.4. The fourth-order valence-corrected chi connectivity index (χ4v) is 3.44. The van der Waals surface area contributed by atoms with E-state index in [-0.39, 0.29) is 24.3 Å². The van der Waals surface area contributed by atoms with Crippen LogP contribution < -0.4 is 0 Å². The lowest BCUT2D eigenvalue weighted by molar-refractivity contribution is -0.131. The maximum Gasteiger partial charge on any atom is 0.257 e. The number of nitrogens with zero attached hydrogens (tertiary/aromatic N) is 3. The summed E-state index contributed by atoms with van der Waals surface area (Å²) in [4.78, 5) is 26.0. The van der Waals surface area contributed by atoms with Crippen LogP contribution in [0.4, 0.5) is 0 Å². The lowest BCUT2D eigenvalue weighted by Crippen LogP contribution is -2.39. The molecule has 25 heavy (non-hydrogen) atoms. The van der Waals surface area contributed by atoms with Crippen LogP contribution in [0.1, 0.15) is 19.2 Å². The summed E-state index contributed by atoms with van der Waals surface area (Å²) >= 11 is 1.31. The number of fused-ring (bicyclic) bond motifs is 1. The molecule has 0 bridgehead atoms. The minimum Gasteiger partial charge on any atom is -0.431 e. The number of carbonyl (C=O) groups is 1. The molecule has 2 aromatic heterocycles. The molecule has 0 fully saturated rings. The number of aromatic amines is 1. The number of nitrogens with one attached hydrogen (secondary N) is 1. The number of aliphatic hydroxyl groups is 1. The van der Waals surface area contributed by atoms with Crippen LogP contribution in [0.3, 0.4) is 0 Å². The maximum atomic E-state index is 12.9. The van der Waals surface area contributed by atoms with Crippen LogP contribution in [-0.2, 0) is 11.3 Å². The zero-order chi connectivity index (χ0) is 17.6. The van der Waals surface area contributed by atoms with Gasteiger partial charge in [-0.3, -0.25) is 4.79 Å². The number of thioether (sulfide) groups is 1. The Kier molecular flexibility index (Phi) is 5.72. The van der Waals surface area contributed by atoms with Crippen molar-refractivity contribution in [2.75, 3.05) is 13.2 Å². The van der Waals surface area contributed by atoms with Crippen LogP contribution in [0.25, 0.3) is 11.1 Å². The Morgan fingerprint density at radius 3 is 2.96 bits per heavy atom. The number of imidazole rings is 1. The summed E-state index contributed by atoms with van der Waals surface area (Å²) in [7, 11) is 0. The molecule has 0 saturated carbocycles. The second kappa shape index (κ2) is 8.17. The number of carbonyl (C=O) groups excluding carboxylic acids is 1. The number of H-pyrrole nitrogens is 1. The Balaban J connectivity index is 1.73. The third-order valence-electron chi connectivity index (χ3n) is 3.74. The molecule has 1 unspecified atom stereocenters. The summed E-state index contributed by atoms with van der Waals surface area (Å²) in [6, 6.07) is 7.51. The topological polar surface area (TPSA) is 95.2 Å². The van der Waals surface area contributed by atoms with Gasteiger partial charge in [-0.05, 0) is 18.6 Å². The Hall–Kier alpha value is -2.32. The van der Waals surface area contributed by atoms with Crippen molar-refractivity contribution in [1.29, 1.82) is 0 Å². The van der Waals surface area contributed by atoms with Crippen molar-refractivity contribution >= 4 is 28.8 Å². The molecule has 0 spiro atoms. The Morgan fingerprint density at radius 2 is 2.28 bits per heavy atom. The molecule has 1 atom stereocenters. The van der Waals surface area contributed by atoms with Crippen LogP contribution in [0, 0.1) is 0 Å². The molecule has 1 amide bonds. The molecule has 2 N–H and O–H groups in total. The lowest BCUT2D eigenvalue weighted by atomic mass is 10.3. The molecule has 0 radical (unpaired) electrons. The SMILES string of the molecule is CCC(Sc1nc2ccccc2o1)C(=O)N(CCO)Cc1ncc[nH]1. The van der Waals surface area contributed by atoms with E-state index in [1.54, 1.807) is 17.3 Å². The van der Waals surface area contributed by atoms with Gasteiger partial charge in [-0.1, -0.05) is 30.8 Å². The third kappa shape index (κ3) is 4.21. The number of hydrogen-bond donors (Lipinski definition) is 2. The highest BCUT2D eigenvalue weighted by Crippen LogP contribution is 2.29. The van der Waals surface area contributed by atoms with Gasteiger partial charge in [-0.25, -0.2) is 9.97 Å². The molecule has 2 heterocycles. The number of amides is 1. The van der Waals surface area contributed by atoms with Crippen molar-refractivity contribution in [2.45, 2.75) is 30.4 Å². The van der Waals surface area contributed by atoms with Crippen LogP contribution in [0.15, 0.2) is 46.3 Å². The predicted molar refractivity (Wildman–Crippen MR) is 95.0 cm³/mol. The van der Waals surface area contributed by atoms with Crippen molar-refractivity contribution in [1.82, 2.24) is 19.9 Å². The van der Waals surface area contributed by atoms with Crippen molar-refractivity contribution in [3.63, 3.8) is 0 Å². The molecule has 0 aliphatic carbocycles. The number of benzene rings is 1. The van der Waals surface area contributed by atoms with E-state index >= 15 is 0 Å². The number of oxazole rings is 1. The van der Waals surface area contributed by atoms with Crippen LogP contribution in [0.2, 0.25) is 0 Å². The molecule has 3 aromatic rings. The monoisotopic (exact) mass is 360 g/mol. The Bertz CT molecular complexity index is 785. The first-order chi connectivity index (χ1) is 12.2. The zero-order valence-corrected chi connectivity index (χ0v) is 14.7. The number of para-hydroxylation sites is 2. The van der Waals surface area contributed by atoms with Gasteiger partial charge in [-0.15, -0.1) is 0 Å². The molecule has 0 aliphatic rings. The van der Waals surface area contributed by atoms with E-state index in [0.29, 0.717) is 29.6 Å². The summed E-state index contributed by atoms with van der Waals surface area (Å²) in [6.07, 6.45) is 3.98. The number of aromatic nitrogens is 3. The smallest absolute Gasteiger partial charge is 0.257 e. The van der Waals surface area contributed by atoms with E-state index in [1.165, 1.54) is 11.8 Å². The van der Waals surface area contributed by atoms with Gasteiger partial charge < -0.3 is 19.4 Å². The van der Waals surface area contributed by atoms with Crippen LogP contribution in [-0.4, -0.2) is 49.3 Å². The molecule has 0 saturated heterocycles.